The fourth-order valence-corrected chi connectivity index (χ4v) is 6.54. The molecule has 2 fully saturated rings. The highest BCUT2D eigenvalue weighted by Gasteiger charge is 2.34. The van der Waals surface area contributed by atoms with Gasteiger partial charge >= 0.3 is 11.5 Å². The maximum absolute atomic E-state index is 12.6. The number of carboxylic acids is 1. The van der Waals surface area contributed by atoms with Crippen LogP contribution in [0.25, 0.3) is 6.08 Å². The molecule has 0 spiro atoms. The molecule has 0 aromatic heterocycles. The average molecular weight is 621 g/mol. The fraction of sp³-hybridized carbons (Fsp3) is 0.385. The van der Waals surface area contributed by atoms with Gasteiger partial charge in [-0.3, -0.25) is 9.59 Å². The number of amides is 1. The summed E-state index contributed by atoms with van der Waals surface area (Å²) in [5.41, 5.74) is -2.77. The third-order valence-electron chi connectivity index (χ3n) is 6.52. The first kappa shape index (κ1) is 29.9. The predicted octanol–water partition coefficient (Wildman–Crippen LogP) is 6.77. The Morgan fingerprint density at radius 3 is 2.31 bits per heavy atom. The van der Waals surface area contributed by atoms with Crippen LogP contribution in [0.1, 0.15) is 18.4 Å². The number of aliphatic carboxylic acids is 1. The topological polar surface area (TPSA) is 64.1 Å². The summed E-state index contributed by atoms with van der Waals surface area (Å²) in [6, 6.07) is 11.5. The molecule has 2 aliphatic heterocycles. The molecule has 0 atom stereocenters. The number of carboxylic acid groups (broad SMARTS) is 1. The quantitative estimate of drug-likeness (QED) is 0.271. The number of hydrogen-bond acceptors (Lipinski definition) is 6. The summed E-state index contributed by atoms with van der Waals surface area (Å²) in [5, 5.41) is 9.87. The number of anilines is 1. The van der Waals surface area contributed by atoms with Gasteiger partial charge in [-0.25, -0.2) is 4.31 Å². The van der Waals surface area contributed by atoms with Gasteiger partial charge in [0.25, 0.3) is 0 Å². The summed E-state index contributed by atoms with van der Waals surface area (Å²) in [5.74, 6) is -1.34. The highest BCUT2D eigenvalue weighted by molar-refractivity contribution is 7.99. The normalized spacial score (nSPS) is 17.7. The molecule has 2 saturated heterocycles. The van der Waals surface area contributed by atoms with Gasteiger partial charge in [0.05, 0.1) is 16.0 Å². The third-order valence-corrected chi connectivity index (χ3v) is 9.41. The number of carbonyl (C=O) groups excluding carboxylic acids is 1. The van der Waals surface area contributed by atoms with Crippen LogP contribution in [0, 0.1) is 5.92 Å². The summed E-state index contributed by atoms with van der Waals surface area (Å²) in [6.45, 7) is 2.02. The van der Waals surface area contributed by atoms with Gasteiger partial charge in [0.2, 0.25) is 5.91 Å². The molecule has 6 nitrogen and oxygen atoms in total. The van der Waals surface area contributed by atoms with E-state index in [1.165, 1.54) is 27.0 Å². The van der Waals surface area contributed by atoms with E-state index >= 15 is 0 Å². The Hall–Kier alpha value is -2.05. The van der Waals surface area contributed by atoms with Crippen molar-refractivity contribution in [3.05, 3.63) is 58.1 Å². The maximum Gasteiger partial charge on any atom is 0.456 e. The van der Waals surface area contributed by atoms with E-state index in [-0.39, 0.29) is 50.0 Å². The highest BCUT2D eigenvalue weighted by Crippen LogP contribution is 2.40. The van der Waals surface area contributed by atoms with Crippen LogP contribution in [-0.4, -0.2) is 71.0 Å². The minimum Gasteiger partial charge on any atom is -0.481 e. The van der Waals surface area contributed by atoms with Crippen molar-refractivity contribution in [2.45, 2.75) is 28.1 Å². The minimum absolute atomic E-state index is 0.129. The number of piperazine rings is 1. The lowest BCUT2D eigenvalue weighted by Gasteiger charge is -2.33. The van der Waals surface area contributed by atoms with E-state index in [1.807, 2.05) is 30.3 Å². The number of carbonyl (C=O) groups is 2. The number of alkyl halides is 3. The highest BCUT2D eigenvalue weighted by atomic mass is 35.5. The molecule has 1 amide bonds. The number of nitrogens with zero attached hydrogens (tertiary/aromatic N) is 3. The summed E-state index contributed by atoms with van der Waals surface area (Å²) < 4.78 is 38.8. The first-order valence-corrected chi connectivity index (χ1v) is 14.6. The van der Waals surface area contributed by atoms with Gasteiger partial charge in [0.1, 0.15) is 0 Å². The molecular weight excluding hydrogens is 594 g/mol. The van der Waals surface area contributed by atoms with Crippen molar-refractivity contribution < 1.29 is 27.9 Å². The zero-order valence-electron chi connectivity index (χ0n) is 20.7. The van der Waals surface area contributed by atoms with Crippen LogP contribution >= 0.6 is 46.9 Å². The fourth-order valence-electron chi connectivity index (χ4n) is 4.42. The van der Waals surface area contributed by atoms with Crippen molar-refractivity contribution >= 4 is 70.6 Å². The van der Waals surface area contributed by atoms with Crippen molar-refractivity contribution in [3.63, 3.8) is 0 Å². The van der Waals surface area contributed by atoms with Gasteiger partial charge in [-0.05, 0) is 48.7 Å². The number of rotatable bonds is 7. The Labute approximate surface area is 243 Å². The zero-order valence-corrected chi connectivity index (χ0v) is 23.8. The Balaban J connectivity index is 1.36. The SMILES string of the molecule is O=C(O)C1CCN(c2cccc(Sc3ccc(C=CC(=O)N4CCN(SC(F)(F)F)CC4)c(Cl)c3Cl)c2)CC1. The van der Waals surface area contributed by atoms with Crippen LogP contribution in [-0.2, 0) is 9.59 Å². The van der Waals surface area contributed by atoms with Crippen molar-refractivity contribution in [2.75, 3.05) is 44.2 Å². The number of halogens is 5. The Morgan fingerprint density at radius 2 is 1.67 bits per heavy atom. The molecule has 4 rings (SSSR count). The second-order valence-electron chi connectivity index (χ2n) is 9.10. The molecule has 13 heteroatoms. The van der Waals surface area contributed by atoms with E-state index in [4.69, 9.17) is 23.2 Å². The number of hydrogen-bond donors (Lipinski definition) is 1. The van der Waals surface area contributed by atoms with Crippen molar-refractivity contribution in [1.29, 1.82) is 0 Å². The molecule has 2 heterocycles. The van der Waals surface area contributed by atoms with Crippen LogP contribution < -0.4 is 4.90 Å². The molecule has 39 heavy (non-hydrogen) atoms. The molecule has 0 unspecified atom stereocenters. The smallest absolute Gasteiger partial charge is 0.456 e. The molecule has 0 aliphatic carbocycles. The molecule has 2 aliphatic rings. The molecular formula is C26H26Cl2F3N3O3S2. The van der Waals surface area contributed by atoms with Crippen molar-refractivity contribution in [1.82, 2.24) is 9.21 Å². The second-order valence-corrected chi connectivity index (χ2v) is 12.1. The molecule has 0 radical (unpaired) electrons. The summed E-state index contributed by atoms with van der Waals surface area (Å²) in [6.07, 6.45) is 4.13. The van der Waals surface area contributed by atoms with Gasteiger partial charge < -0.3 is 14.9 Å². The lowest BCUT2D eigenvalue weighted by atomic mass is 9.97. The van der Waals surface area contributed by atoms with Crippen molar-refractivity contribution in [3.8, 4) is 0 Å². The molecule has 2 aromatic carbocycles. The van der Waals surface area contributed by atoms with Crippen molar-refractivity contribution in [2.24, 2.45) is 5.92 Å². The van der Waals surface area contributed by atoms with E-state index in [1.54, 1.807) is 12.1 Å². The van der Waals surface area contributed by atoms with Crippen LogP contribution in [0.5, 0.6) is 0 Å². The number of piperidine rings is 1. The summed E-state index contributed by atoms with van der Waals surface area (Å²) >= 11 is 14.4. The molecule has 210 valence electrons. The Morgan fingerprint density at radius 1 is 0.974 bits per heavy atom. The minimum atomic E-state index is -4.34. The predicted molar refractivity (Wildman–Crippen MR) is 150 cm³/mol. The van der Waals surface area contributed by atoms with E-state index in [0.29, 0.717) is 41.5 Å². The maximum atomic E-state index is 12.6. The van der Waals surface area contributed by atoms with E-state index in [9.17, 15) is 27.9 Å². The van der Waals surface area contributed by atoms with Crippen LogP contribution in [0.2, 0.25) is 10.0 Å². The largest absolute Gasteiger partial charge is 0.481 e. The first-order valence-electron chi connectivity index (χ1n) is 12.2. The lowest BCUT2D eigenvalue weighted by Crippen LogP contribution is -2.46. The van der Waals surface area contributed by atoms with Crippen LogP contribution in [0.4, 0.5) is 18.9 Å². The second kappa shape index (κ2) is 13.1. The summed E-state index contributed by atoms with van der Waals surface area (Å²) in [7, 11) is 0. The Kier molecular flexibility index (Phi) is 10.0. The molecule has 2 aromatic rings. The van der Waals surface area contributed by atoms with Gasteiger partial charge in [-0.1, -0.05) is 47.1 Å². The first-order chi connectivity index (χ1) is 18.5. The van der Waals surface area contributed by atoms with Crippen LogP contribution in [0.3, 0.4) is 0 Å². The van der Waals surface area contributed by atoms with Gasteiger partial charge in [0.15, 0.2) is 0 Å². The number of benzene rings is 2. The van der Waals surface area contributed by atoms with Crippen LogP contribution in [0.15, 0.2) is 52.3 Å². The molecule has 1 N–H and O–H groups in total. The Bertz CT molecular complexity index is 1230. The summed E-state index contributed by atoms with van der Waals surface area (Å²) in [4.78, 5) is 29.2. The van der Waals surface area contributed by atoms with E-state index in [0.717, 1.165) is 15.5 Å². The lowest BCUT2D eigenvalue weighted by molar-refractivity contribution is -0.142. The van der Waals surface area contributed by atoms with E-state index < -0.39 is 11.5 Å². The average Bonchev–Trinajstić information content (AvgIpc) is 2.90. The molecule has 0 saturated carbocycles. The van der Waals surface area contributed by atoms with Gasteiger partial charge in [0, 0.05) is 72.8 Å². The monoisotopic (exact) mass is 619 g/mol. The standard InChI is InChI=1S/C26H26Cl2F3N3O3S2/c27-23-17(5-7-22(35)33-12-14-34(15-13-33)39-26(29,30)31)4-6-21(24(23)28)38-20-3-1-2-19(16-20)32-10-8-18(9-11-32)25(36)37/h1-7,16,18H,8-15H2,(H,36,37). The third kappa shape index (κ3) is 8.23. The zero-order chi connectivity index (χ0) is 28.2. The van der Waals surface area contributed by atoms with Gasteiger partial charge in [-0.15, -0.1) is 0 Å². The van der Waals surface area contributed by atoms with E-state index in [2.05, 4.69) is 4.90 Å². The molecule has 0 bridgehead atoms. The van der Waals surface area contributed by atoms with Gasteiger partial charge in [-0.2, -0.15) is 13.2 Å².